The lowest BCUT2D eigenvalue weighted by Crippen LogP contribution is -2.47. The second-order valence-electron chi connectivity index (χ2n) is 6.55. The summed E-state index contributed by atoms with van der Waals surface area (Å²) in [6.07, 6.45) is 0.350. The number of carbonyl (C=O) groups is 2. The lowest BCUT2D eigenvalue weighted by atomic mass is 10.1. The molecule has 0 saturated carbocycles. The highest BCUT2D eigenvalue weighted by Gasteiger charge is 2.22. The quantitative estimate of drug-likeness (QED) is 0.511. The van der Waals surface area contributed by atoms with Gasteiger partial charge in [-0.3, -0.25) is 15.0 Å². The van der Waals surface area contributed by atoms with Crippen LogP contribution in [0.15, 0.2) is 84.9 Å². The minimum Gasteiger partial charge on any atom is -0.273 e. The van der Waals surface area contributed by atoms with Crippen LogP contribution in [0.5, 0.6) is 0 Å². The highest BCUT2D eigenvalue weighted by atomic mass is 32.1. The van der Waals surface area contributed by atoms with Gasteiger partial charge in [0.15, 0.2) is 0 Å². The number of benzene rings is 3. The molecule has 0 unspecified atom stereocenters. The first-order chi connectivity index (χ1) is 14.2. The maximum Gasteiger partial charge on any atom is 0.252 e. The largest absolute Gasteiger partial charge is 0.273 e. The summed E-state index contributed by atoms with van der Waals surface area (Å²) in [7, 11) is 0. The van der Waals surface area contributed by atoms with Gasteiger partial charge in [-0.05, 0) is 23.3 Å². The number of nitrogens with one attached hydrogen (secondary N) is 1. The fraction of sp³-hybridized carbons (Fsp3) is 0.0870. The van der Waals surface area contributed by atoms with Crippen LogP contribution in [-0.2, 0) is 22.4 Å². The van der Waals surface area contributed by atoms with Gasteiger partial charge < -0.3 is 0 Å². The summed E-state index contributed by atoms with van der Waals surface area (Å²) in [6, 6.07) is 26.5. The van der Waals surface area contributed by atoms with E-state index in [2.05, 4.69) is 10.4 Å². The van der Waals surface area contributed by atoms with Crippen molar-refractivity contribution in [3.05, 3.63) is 96.1 Å². The molecule has 0 aliphatic carbocycles. The van der Waals surface area contributed by atoms with E-state index in [0.29, 0.717) is 5.13 Å². The predicted octanol–water partition coefficient (Wildman–Crippen LogP) is 4.15. The van der Waals surface area contributed by atoms with Crippen LogP contribution >= 0.6 is 11.3 Å². The van der Waals surface area contributed by atoms with Gasteiger partial charge in [-0.1, -0.05) is 84.1 Å². The van der Waals surface area contributed by atoms with E-state index in [0.717, 1.165) is 21.3 Å². The van der Waals surface area contributed by atoms with Crippen molar-refractivity contribution in [3.63, 3.8) is 0 Å². The van der Waals surface area contributed by atoms with Crippen molar-refractivity contribution in [2.24, 2.45) is 0 Å². The van der Waals surface area contributed by atoms with Crippen LogP contribution in [0.2, 0.25) is 0 Å². The Morgan fingerprint density at radius 1 is 0.793 bits per heavy atom. The predicted molar refractivity (Wildman–Crippen MR) is 116 cm³/mol. The Bertz CT molecular complexity index is 1090. The van der Waals surface area contributed by atoms with Gasteiger partial charge in [0.2, 0.25) is 11.0 Å². The highest BCUT2D eigenvalue weighted by molar-refractivity contribution is 7.22. The number of hydrazine groups is 1. The number of fused-ring (bicyclic) bond motifs is 1. The van der Waals surface area contributed by atoms with Crippen LogP contribution in [0, 0.1) is 0 Å². The van der Waals surface area contributed by atoms with Gasteiger partial charge in [-0.15, -0.1) is 0 Å². The molecule has 6 heteroatoms. The number of carbonyl (C=O) groups excluding carboxylic acids is 2. The van der Waals surface area contributed by atoms with Crippen molar-refractivity contribution in [1.29, 1.82) is 0 Å². The number of anilines is 1. The van der Waals surface area contributed by atoms with Gasteiger partial charge in [0.1, 0.15) is 0 Å². The first kappa shape index (κ1) is 18.8. The normalized spacial score (nSPS) is 10.6. The van der Waals surface area contributed by atoms with Crippen molar-refractivity contribution >= 4 is 38.5 Å². The Balaban J connectivity index is 1.59. The number of hydrogen-bond acceptors (Lipinski definition) is 4. The molecule has 1 aromatic heterocycles. The van der Waals surface area contributed by atoms with Crippen LogP contribution < -0.4 is 10.4 Å². The Morgan fingerprint density at radius 3 is 2.03 bits per heavy atom. The summed E-state index contributed by atoms with van der Waals surface area (Å²) in [5, 5.41) is 1.73. The van der Waals surface area contributed by atoms with Gasteiger partial charge in [0.05, 0.1) is 23.1 Å². The van der Waals surface area contributed by atoms with E-state index in [1.807, 2.05) is 84.9 Å². The molecular formula is C23H19N3O2S. The van der Waals surface area contributed by atoms with Gasteiger partial charge in [0.25, 0.3) is 5.91 Å². The summed E-state index contributed by atoms with van der Waals surface area (Å²) >= 11 is 1.37. The molecule has 0 aliphatic rings. The molecule has 144 valence electrons. The first-order valence-corrected chi connectivity index (χ1v) is 10.1. The Labute approximate surface area is 172 Å². The molecule has 1 N–H and O–H groups in total. The third-order valence-corrected chi connectivity index (χ3v) is 5.39. The molecule has 0 bridgehead atoms. The average Bonchev–Trinajstić information content (AvgIpc) is 3.17. The lowest BCUT2D eigenvalue weighted by Gasteiger charge is -2.20. The third-order valence-electron chi connectivity index (χ3n) is 4.37. The minimum atomic E-state index is -0.267. The molecule has 4 aromatic rings. The van der Waals surface area contributed by atoms with E-state index < -0.39 is 0 Å². The summed E-state index contributed by atoms with van der Waals surface area (Å²) in [5.74, 6) is -0.506. The molecule has 5 nitrogen and oxygen atoms in total. The van der Waals surface area contributed by atoms with Crippen LogP contribution in [0.1, 0.15) is 11.1 Å². The molecule has 0 spiro atoms. The van der Waals surface area contributed by atoms with Gasteiger partial charge >= 0.3 is 0 Å². The van der Waals surface area contributed by atoms with Gasteiger partial charge in [-0.2, -0.15) is 5.01 Å². The molecular weight excluding hydrogens is 382 g/mol. The second kappa shape index (κ2) is 8.67. The van der Waals surface area contributed by atoms with Crippen molar-refractivity contribution < 1.29 is 9.59 Å². The number of thiazole rings is 1. The Hall–Kier alpha value is -3.51. The summed E-state index contributed by atoms with van der Waals surface area (Å²) in [5.41, 5.74) is 5.30. The number of para-hydroxylation sites is 1. The van der Waals surface area contributed by atoms with Crippen molar-refractivity contribution in [1.82, 2.24) is 10.4 Å². The first-order valence-electron chi connectivity index (χ1n) is 9.25. The Kier molecular flexibility index (Phi) is 5.63. The number of rotatable bonds is 5. The molecule has 4 rings (SSSR count). The fourth-order valence-corrected chi connectivity index (χ4v) is 3.91. The van der Waals surface area contributed by atoms with Crippen molar-refractivity contribution in [3.8, 4) is 0 Å². The number of aromatic nitrogens is 1. The summed E-state index contributed by atoms with van der Waals surface area (Å²) in [6.45, 7) is 0. The Morgan fingerprint density at radius 2 is 1.38 bits per heavy atom. The van der Waals surface area contributed by atoms with E-state index in [4.69, 9.17) is 0 Å². The van der Waals surface area contributed by atoms with E-state index in [-0.39, 0.29) is 24.7 Å². The lowest BCUT2D eigenvalue weighted by molar-refractivity contribution is -0.125. The SMILES string of the molecule is O=C(Cc1ccccc1)NN(C(=O)Cc1ccccc1)c1nc2ccccc2s1. The molecule has 2 amide bonds. The van der Waals surface area contributed by atoms with E-state index in [1.54, 1.807) is 0 Å². The molecule has 3 aromatic carbocycles. The van der Waals surface area contributed by atoms with Crippen LogP contribution in [0.25, 0.3) is 10.2 Å². The molecule has 0 atom stereocenters. The van der Waals surface area contributed by atoms with Gasteiger partial charge in [0, 0.05) is 0 Å². The maximum atomic E-state index is 13.1. The average molecular weight is 401 g/mol. The van der Waals surface area contributed by atoms with E-state index >= 15 is 0 Å². The zero-order valence-corrected chi connectivity index (χ0v) is 16.4. The van der Waals surface area contributed by atoms with Gasteiger partial charge in [-0.25, -0.2) is 4.98 Å². The molecule has 29 heavy (non-hydrogen) atoms. The standard InChI is InChI=1S/C23H19N3O2S/c27-21(15-17-9-3-1-4-10-17)25-26(22(28)16-18-11-5-2-6-12-18)23-24-19-13-7-8-14-20(19)29-23/h1-14H,15-16H2,(H,25,27). The molecule has 0 saturated heterocycles. The molecule has 1 heterocycles. The van der Waals surface area contributed by atoms with Crippen molar-refractivity contribution in [2.45, 2.75) is 12.8 Å². The fourth-order valence-electron chi connectivity index (χ4n) is 2.97. The number of hydrogen-bond donors (Lipinski definition) is 1. The van der Waals surface area contributed by atoms with E-state index in [9.17, 15) is 9.59 Å². The molecule has 0 radical (unpaired) electrons. The van der Waals surface area contributed by atoms with Crippen molar-refractivity contribution in [2.75, 3.05) is 5.01 Å². The third kappa shape index (κ3) is 4.67. The second-order valence-corrected chi connectivity index (χ2v) is 7.56. The zero-order valence-electron chi connectivity index (χ0n) is 15.6. The highest BCUT2D eigenvalue weighted by Crippen LogP contribution is 2.28. The smallest absolute Gasteiger partial charge is 0.252 e. The summed E-state index contributed by atoms with van der Waals surface area (Å²) < 4.78 is 0.956. The molecule has 0 fully saturated rings. The van der Waals surface area contributed by atoms with Crippen LogP contribution in [-0.4, -0.2) is 16.8 Å². The number of nitrogens with zero attached hydrogens (tertiary/aromatic N) is 2. The van der Waals surface area contributed by atoms with E-state index in [1.165, 1.54) is 16.3 Å². The minimum absolute atomic E-state index is 0.169. The number of amides is 2. The monoisotopic (exact) mass is 401 g/mol. The van der Waals surface area contributed by atoms with Crippen LogP contribution in [0.3, 0.4) is 0 Å². The molecule has 0 aliphatic heterocycles. The van der Waals surface area contributed by atoms with Crippen LogP contribution in [0.4, 0.5) is 5.13 Å². The summed E-state index contributed by atoms with van der Waals surface area (Å²) in [4.78, 5) is 30.2. The zero-order chi connectivity index (χ0) is 20.1. The maximum absolute atomic E-state index is 13.1. The topological polar surface area (TPSA) is 62.3 Å².